The third-order valence-corrected chi connectivity index (χ3v) is 6.38. The molecule has 1 fully saturated rings. The van der Waals surface area contributed by atoms with Crippen LogP contribution in [0.3, 0.4) is 0 Å². The van der Waals surface area contributed by atoms with Gasteiger partial charge in [0, 0.05) is 31.9 Å². The van der Waals surface area contributed by atoms with Gasteiger partial charge in [0.05, 0.1) is 13.0 Å². The molecule has 0 radical (unpaired) electrons. The number of carbonyl (C=O) groups excluding carboxylic acids is 3. The number of ether oxygens (including phenoxy) is 2. The highest BCUT2D eigenvalue weighted by atomic mass is 16.5. The van der Waals surface area contributed by atoms with Crippen LogP contribution in [0.5, 0.6) is 0 Å². The molecule has 1 unspecified atom stereocenters. The van der Waals surface area contributed by atoms with Crippen LogP contribution in [0.25, 0.3) is 0 Å². The van der Waals surface area contributed by atoms with E-state index in [4.69, 9.17) is 4.74 Å². The molecule has 3 aromatic rings. The second-order valence-corrected chi connectivity index (χ2v) is 8.99. The Morgan fingerprint density at radius 1 is 0.872 bits per heavy atom. The van der Waals surface area contributed by atoms with Crippen molar-refractivity contribution < 1.29 is 23.9 Å². The average Bonchev–Trinajstić information content (AvgIpc) is 2.98. The van der Waals surface area contributed by atoms with Gasteiger partial charge in [0.15, 0.2) is 0 Å². The predicted octanol–water partition coefficient (Wildman–Crippen LogP) is 3.76. The second kappa shape index (κ2) is 15.9. The molecule has 0 saturated carbocycles. The van der Waals surface area contributed by atoms with E-state index < -0.39 is 0 Å². The van der Waals surface area contributed by atoms with Gasteiger partial charge in [-0.1, -0.05) is 72.8 Å². The molecule has 8 nitrogen and oxygen atoms in total. The van der Waals surface area contributed by atoms with Crippen LogP contribution in [0.4, 0.5) is 5.69 Å². The predicted molar refractivity (Wildman–Crippen MR) is 151 cm³/mol. The standard InChI is InChI=1S/C23H29N3O3.C8H8O2/c1-3-29-21(27)17-18-9-11-20(12-10-18)25-13-15-26(16-14-25)23(28)22(24-2)19-7-5-4-6-8-19;9-7-10-6-8-4-2-1-3-5-8/h4-12,22,24H,3,13-17H2,1-2H3;1-5,7H,6H2. The number of benzene rings is 3. The SMILES string of the molecule is CCOC(=O)Cc1ccc(N2CCN(C(=O)C(NC)c3ccccc3)CC2)cc1.O=COCc1ccccc1. The number of piperazine rings is 1. The van der Waals surface area contributed by atoms with Gasteiger partial charge in [0.2, 0.25) is 5.91 Å². The maximum atomic E-state index is 13.0. The second-order valence-electron chi connectivity index (χ2n) is 8.99. The molecule has 1 saturated heterocycles. The minimum atomic E-state index is -0.315. The Morgan fingerprint density at radius 3 is 2.05 bits per heavy atom. The van der Waals surface area contributed by atoms with Crippen molar-refractivity contribution in [3.63, 3.8) is 0 Å². The summed E-state index contributed by atoms with van der Waals surface area (Å²) >= 11 is 0. The van der Waals surface area contributed by atoms with Gasteiger partial charge in [0.1, 0.15) is 12.6 Å². The lowest BCUT2D eigenvalue weighted by molar-refractivity contribution is -0.142. The van der Waals surface area contributed by atoms with Gasteiger partial charge in [-0.3, -0.25) is 14.4 Å². The van der Waals surface area contributed by atoms with Crippen molar-refractivity contribution in [2.45, 2.75) is 26.0 Å². The molecule has 0 aromatic heterocycles. The zero-order chi connectivity index (χ0) is 27.9. The summed E-state index contributed by atoms with van der Waals surface area (Å²) in [5.74, 6) is -0.0898. The van der Waals surface area contributed by atoms with Crippen LogP contribution in [0.15, 0.2) is 84.9 Å². The molecule has 1 atom stereocenters. The smallest absolute Gasteiger partial charge is 0.310 e. The van der Waals surface area contributed by atoms with E-state index in [1.165, 1.54) is 0 Å². The summed E-state index contributed by atoms with van der Waals surface area (Å²) in [6, 6.07) is 27.1. The molecule has 1 aliphatic rings. The van der Waals surface area contributed by atoms with Crippen LogP contribution in [-0.4, -0.2) is 63.1 Å². The Balaban J connectivity index is 0.000000353. The fourth-order valence-electron chi connectivity index (χ4n) is 4.35. The zero-order valence-electron chi connectivity index (χ0n) is 22.6. The average molecular weight is 532 g/mol. The van der Waals surface area contributed by atoms with Gasteiger partial charge in [-0.15, -0.1) is 0 Å². The topological polar surface area (TPSA) is 88.2 Å². The van der Waals surface area contributed by atoms with Crippen LogP contribution in [-0.2, 0) is 36.9 Å². The lowest BCUT2D eigenvalue weighted by Gasteiger charge is -2.37. The fraction of sp³-hybridized carbons (Fsp3) is 0.323. The van der Waals surface area contributed by atoms with Gasteiger partial charge in [-0.2, -0.15) is 0 Å². The number of carbonyl (C=O) groups is 3. The van der Waals surface area contributed by atoms with Crippen LogP contribution in [0, 0.1) is 0 Å². The number of nitrogens with one attached hydrogen (secondary N) is 1. The Morgan fingerprint density at radius 2 is 1.49 bits per heavy atom. The van der Waals surface area contributed by atoms with E-state index in [-0.39, 0.29) is 17.9 Å². The number of rotatable bonds is 10. The fourth-order valence-corrected chi connectivity index (χ4v) is 4.35. The molecule has 1 aliphatic heterocycles. The third kappa shape index (κ3) is 9.26. The van der Waals surface area contributed by atoms with E-state index in [1.807, 2.05) is 104 Å². The normalized spacial score (nSPS) is 13.5. The Kier molecular flexibility index (Phi) is 12.0. The van der Waals surface area contributed by atoms with Crippen molar-refractivity contribution in [3.05, 3.63) is 102 Å². The van der Waals surface area contributed by atoms with Crippen LogP contribution < -0.4 is 10.2 Å². The number of hydrogen-bond acceptors (Lipinski definition) is 7. The Hall–Kier alpha value is -4.17. The molecular weight excluding hydrogens is 494 g/mol. The maximum Gasteiger partial charge on any atom is 0.310 e. The van der Waals surface area contributed by atoms with Crippen molar-refractivity contribution in [1.29, 1.82) is 0 Å². The minimum Gasteiger partial charge on any atom is -0.466 e. The number of nitrogens with zero attached hydrogens (tertiary/aromatic N) is 2. The summed E-state index contributed by atoms with van der Waals surface area (Å²) in [6.45, 7) is 5.98. The van der Waals surface area contributed by atoms with Gasteiger partial charge >= 0.3 is 5.97 Å². The highest BCUT2D eigenvalue weighted by Gasteiger charge is 2.27. The van der Waals surface area contributed by atoms with E-state index in [0.717, 1.165) is 35.5 Å². The summed E-state index contributed by atoms with van der Waals surface area (Å²) in [7, 11) is 1.82. The molecule has 0 bridgehead atoms. The van der Waals surface area contributed by atoms with Gasteiger partial charge in [0.25, 0.3) is 6.47 Å². The van der Waals surface area contributed by atoms with Gasteiger partial charge in [-0.25, -0.2) is 0 Å². The minimum absolute atomic E-state index is 0.114. The van der Waals surface area contributed by atoms with E-state index in [2.05, 4.69) is 15.0 Å². The molecule has 1 N–H and O–H groups in total. The maximum absolute atomic E-state index is 13.0. The summed E-state index contributed by atoms with van der Waals surface area (Å²) in [5, 5.41) is 3.15. The van der Waals surface area contributed by atoms with E-state index >= 15 is 0 Å². The molecule has 0 aliphatic carbocycles. The number of esters is 1. The molecule has 8 heteroatoms. The Bertz CT molecular complexity index is 1150. The van der Waals surface area contributed by atoms with Crippen LogP contribution in [0.1, 0.15) is 29.7 Å². The van der Waals surface area contributed by atoms with Gasteiger partial charge in [-0.05, 0) is 42.8 Å². The summed E-state index contributed by atoms with van der Waals surface area (Å²) in [5.41, 5.74) is 4.05. The first-order valence-corrected chi connectivity index (χ1v) is 13.1. The molecule has 4 rings (SSSR count). The first-order valence-electron chi connectivity index (χ1n) is 13.1. The van der Waals surface area contributed by atoms with E-state index in [1.54, 1.807) is 0 Å². The molecule has 3 aromatic carbocycles. The largest absolute Gasteiger partial charge is 0.466 e. The van der Waals surface area contributed by atoms with Crippen molar-refractivity contribution >= 4 is 24.0 Å². The summed E-state index contributed by atoms with van der Waals surface area (Å²) < 4.78 is 9.53. The number of amides is 1. The molecule has 39 heavy (non-hydrogen) atoms. The monoisotopic (exact) mass is 531 g/mol. The van der Waals surface area contributed by atoms with Crippen molar-refractivity contribution in [2.24, 2.45) is 0 Å². The first kappa shape index (κ1) is 29.4. The van der Waals surface area contributed by atoms with Crippen LogP contribution >= 0.6 is 0 Å². The van der Waals surface area contributed by atoms with E-state index in [0.29, 0.717) is 39.2 Å². The highest BCUT2D eigenvalue weighted by Crippen LogP contribution is 2.20. The third-order valence-electron chi connectivity index (χ3n) is 6.38. The summed E-state index contributed by atoms with van der Waals surface area (Å²) in [4.78, 5) is 38.5. The number of likely N-dealkylation sites (N-methyl/N-ethyl adjacent to an activating group) is 1. The lowest BCUT2D eigenvalue weighted by Crippen LogP contribution is -2.51. The van der Waals surface area contributed by atoms with E-state index in [9.17, 15) is 14.4 Å². The lowest BCUT2D eigenvalue weighted by atomic mass is 10.1. The quantitative estimate of drug-likeness (QED) is 0.315. The van der Waals surface area contributed by atoms with Gasteiger partial charge < -0.3 is 24.6 Å². The first-order chi connectivity index (χ1) is 19.0. The highest BCUT2D eigenvalue weighted by molar-refractivity contribution is 5.83. The zero-order valence-corrected chi connectivity index (χ0v) is 22.6. The number of anilines is 1. The number of hydrogen-bond donors (Lipinski definition) is 1. The van der Waals surface area contributed by atoms with Crippen molar-refractivity contribution in [1.82, 2.24) is 10.2 Å². The molecule has 1 amide bonds. The Labute approximate surface area is 230 Å². The van der Waals surface area contributed by atoms with Crippen LogP contribution in [0.2, 0.25) is 0 Å². The summed E-state index contributed by atoms with van der Waals surface area (Å²) in [6.07, 6.45) is 0.293. The molecule has 0 spiro atoms. The van der Waals surface area contributed by atoms with Crippen molar-refractivity contribution in [3.8, 4) is 0 Å². The molecular formula is C31H37N3O5. The molecule has 206 valence electrons. The van der Waals surface area contributed by atoms with Crippen molar-refractivity contribution in [2.75, 3.05) is 44.7 Å². The molecule has 1 heterocycles.